The van der Waals surface area contributed by atoms with Crippen LogP contribution in [0.1, 0.15) is 24.5 Å². The number of benzene rings is 2. The molecule has 0 atom stereocenters. The van der Waals surface area contributed by atoms with Crippen LogP contribution >= 0.6 is 0 Å². The Morgan fingerprint density at radius 1 is 1.21 bits per heavy atom. The fraction of sp³-hybridized carbons (Fsp3) is 0.278. The molecule has 2 rings (SSSR count). The van der Waals surface area contributed by atoms with Crippen LogP contribution < -0.4 is 10.1 Å². The minimum atomic E-state index is -0.453. The van der Waals surface area contributed by atoms with E-state index in [0.29, 0.717) is 30.7 Å². The van der Waals surface area contributed by atoms with Gasteiger partial charge in [-0.3, -0.25) is 14.9 Å². The zero-order valence-corrected chi connectivity index (χ0v) is 13.7. The second-order valence-electron chi connectivity index (χ2n) is 5.38. The molecule has 0 saturated carbocycles. The van der Waals surface area contributed by atoms with E-state index in [4.69, 9.17) is 4.74 Å². The van der Waals surface area contributed by atoms with Crippen LogP contribution in [-0.4, -0.2) is 17.4 Å². The molecule has 2 aromatic rings. The summed E-state index contributed by atoms with van der Waals surface area (Å²) < 4.78 is 5.37. The maximum atomic E-state index is 12.0. The van der Waals surface area contributed by atoms with Gasteiger partial charge in [0.25, 0.3) is 5.69 Å². The summed E-state index contributed by atoms with van der Waals surface area (Å²) in [4.78, 5) is 22.5. The van der Waals surface area contributed by atoms with E-state index in [9.17, 15) is 14.9 Å². The fourth-order valence-electron chi connectivity index (χ4n) is 2.28. The van der Waals surface area contributed by atoms with Gasteiger partial charge in [-0.15, -0.1) is 0 Å². The predicted octanol–water partition coefficient (Wildman–Crippen LogP) is 3.87. The summed E-state index contributed by atoms with van der Waals surface area (Å²) in [6.45, 7) is 4.20. The van der Waals surface area contributed by atoms with Crippen molar-refractivity contribution in [2.24, 2.45) is 0 Å². The molecule has 0 aliphatic heterocycles. The van der Waals surface area contributed by atoms with E-state index in [2.05, 4.69) is 5.32 Å². The number of amides is 1. The number of nitro groups is 1. The lowest BCUT2D eigenvalue weighted by molar-refractivity contribution is -0.385. The molecule has 0 aromatic heterocycles. The third-order valence-electron chi connectivity index (χ3n) is 3.56. The Kier molecular flexibility index (Phi) is 5.89. The largest absolute Gasteiger partial charge is 0.494 e. The number of aryl methyl sites for hydroxylation is 2. The van der Waals surface area contributed by atoms with Gasteiger partial charge in [0.2, 0.25) is 5.91 Å². The zero-order chi connectivity index (χ0) is 17.5. The molecule has 0 spiro atoms. The summed E-state index contributed by atoms with van der Waals surface area (Å²) >= 11 is 0. The lowest BCUT2D eigenvalue weighted by atomic mass is 10.1. The van der Waals surface area contributed by atoms with E-state index < -0.39 is 4.92 Å². The van der Waals surface area contributed by atoms with Gasteiger partial charge in [0, 0.05) is 23.7 Å². The lowest BCUT2D eigenvalue weighted by Gasteiger charge is -2.07. The zero-order valence-electron chi connectivity index (χ0n) is 13.7. The van der Waals surface area contributed by atoms with E-state index in [0.717, 1.165) is 11.3 Å². The van der Waals surface area contributed by atoms with Gasteiger partial charge in [-0.05, 0) is 44.0 Å². The van der Waals surface area contributed by atoms with Crippen molar-refractivity contribution in [3.05, 3.63) is 63.7 Å². The molecule has 1 amide bonds. The van der Waals surface area contributed by atoms with Crippen molar-refractivity contribution in [2.45, 2.75) is 26.7 Å². The van der Waals surface area contributed by atoms with Crippen LogP contribution in [0.4, 0.5) is 11.4 Å². The average Bonchev–Trinajstić information content (AvgIpc) is 2.56. The van der Waals surface area contributed by atoms with Crippen molar-refractivity contribution in [1.82, 2.24) is 0 Å². The number of nitro benzene ring substituents is 1. The van der Waals surface area contributed by atoms with E-state index in [1.54, 1.807) is 19.1 Å². The van der Waals surface area contributed by atoms with Crippen LogP contribution in [0.5, 0.6) is 5.75 Å². The first-order valence-corrected chi connectivity index (χ1v) is 7.76. The molecule has 0 unspecified atom stereocenters. The number of rotatable bonds is 7. The summed E-state index contributed by atoms with van der Waals surface area (Å²) in [5.41, 5.74) is 2.03. The first-order valence-electron chi connectivity index (χ1n) is 7.76. The molecule has 0 heterocycles. The maximum Gasteiger partial charge on any atom is 0.274 e. The Balaban J connectivity index is 1.91. The predicted molar refractivity (Wildman–Crippen MR) is 92.4 cm³/mol. The summed E-state index contributed by atoms with van der Waals surface area (Å²) in [6, 6.07) is 12.3. The summed E-state index contributed by atoms with van der Waals surface area (Å²) in [5.74, 6) is 0.625. The van der Waals surface area contributed by atoms with Gasteiger partial charge in [-0.2, -0.15) is 0 Å². The van der Waals surface area contributed by atoms with Crippen LogP contribution in [0.25, 0.3) is 0 Å². The quantitative estimate of drug-likeness (QED) is 0.618. The Morgan fingerprint density at radius 3 is 2.54 bits per heavy atom. The Hall–Kier alpha value is -2.89. The van der Waals surface area contributed by atoms with Crippen LogP contribution in [0.15, 0.2) is 42.5 Å². The van der Waals surface area contributed by atoms with Gasteiger partial charge in [-0.1, -0.05) is 18.2 Å². The Bertz CT molecular complexity index is 726. The molecular formula is C18H20N2O4. The Morgan fingerprint density at radius 2 is 1.92 bits per heavy atom. The monoisotopic (exact) mass is 328 g/mol. The number of carbonyl (C=O) groups excluding carboxylic acids is 1. The van der Waals surface area contributed by atoms with Crippen molar-refractivity contribution < 1.29 is 14.5 Å². The van der Waals surface area contributed by atoms with Crippen molar-refractivity contribution in [3.8, 4) is 5.75 Å². The van der Waals surface area contributed by atoms with Gasteiger partial charge in [0.1, 0.15) is 5.75 Å². The molecular weight excluding hydrogens is 308 g/mol. The van der Waals surface area contributed by atoms with Gasteiger partial charge in [0.15, 0.2) is 0 Å². The third kappa shape index (κ3) is 4.81. The number of carbonyl (C=O) groups is 1. The van der Waals surface area contributed by atoms with E-state index >= 15 is 0 Å². The smallest absolute Gasteiger partial charge is 0.274 e. The number of anilines is 1. The van der Waals surface area contributed by atoms with Crippen LogP contribution in [0.2, 0.25) is 0 Å². The van der Waals surface area contributed by atoms with E-state index in [1.807, 2.05) is 31.2 Å². The number of hydrogen-bond acceptors (Lipinski definition) is 4. The number of ether oxygens (including phenoxy) is 1. The third-order valence-corrected chi connectivity index (χ3v) is 3.56. The summed E-state index contributed by atoms with van der Waals surface area (Å²) in [5, 5.41) is 13.6. The molecule has 0 aliphatic carbocycles. The molecule has 0 saturated heterocycles. The van der Waals surface area contributed by atoms with Crippen molar-refractivity contribution in [1.29, 1.82) is 0 Å². The van der Waals surface area contributed by atoms with Crippen LogP contribution in [0, 0.1) is 17.0 Å². The standard InChI is InChI=1S/C18H20N2O4/c1-3-24-16-9-5-14(6-10-16)7-11-18(21)19-15-8-4-13(2)17(12-15)20(22)23/h4-6,8-10,12H,3,7,11H2,1-2H3,(H,19,21). The van der Waals surface area contributed by atoms with Crippen molar-refractivity contribution in [2.75, 3.05) is 11.9 Å². The molecule has 126 valence electrons. The molecule has 0 radical (unpaired) electrons. The fourth-order valence-corrected chi connectivity index (χ4v) is 2.28. The highest BCUT2D eigenvalue weighted by Crippen LogP contribution is 2.22. The van der Waals surface area contributed by atoms with Crippen LogP contribution in [-0.2, 0) is 11.2 Å². The maximum absolute atomic E-state index is 12.0. The highest BCUT2D eigenvalue weighted by atomic mass is 16.6. The van der Waals surface area contributed by atoms with Crippen molar-refractivity contribution >= 4 is 17.3 Å². The van der Waals surface area contributed by atoms with Crippen molar-refractivity contribution in [3.63, 3.8) is 0 Å². The number of hydrogen-bond donors (Lipinski definition) is 1. The van der Waals surface area contributed by atoms with Gasteiger partial charge in [0.05, 0.1) is 11.5 Å². The molecule has 6 nitrogen and oxygen atoms in total. The van der Waals surface area contributed by atoms with Gasteiger partial charge in [-0.25, -0.2) is 0 Å². The molecule has 2 aromatic carbocycles. The molecule has 1 N–H and O–H groups in total. The number of nitrogens with one attached hydrogen (secondary N) is 1. The molecule has 24 heavy (non-hydrogen) atoms. The van der Waals surface area contributed by atoms with Gasteiger partial charge < -0.3 is 10.1 Å². The summed E-state index contributed by atoms with van der Waals surface area (Å²) in [6.07, 6.45) is 0.891. The normalized spacial score (nSPS) is 10.2. The first-order chi connectivity index (χ1) is 11.5. The topological polar surface area (TPSA) is 81.5 Å². The molecule has 6 heteroatoms. The second-order valence-corrected chi connectivity index (χ2v) is 5.38. The SMILES string of the molecule is CCOc1ccc(CCC(=O)Nc2ccc(C)c([N+](=O)[O-])c2)cc1. The molecule has 0 bridgehead atoms. The summed E-state index contributed by atoms with van der Waals surface area (Å²) in [7, 11) is 0. The van der Waals surface area contributed by atoms with E-state index in [1.165, 1.54) is 6.07 Å². The molecule has 0 aliphatic rings. The van der Waals surface area contributed by atoms with Gasteiger partial charge >= 0.3 is 0 Å². The number of nitrogens with zero attached hydrogens (tertiary/aromatic N) is 1. The second kappa shape index (κ2) is 8.10. The first kappa shape index (κ1) is 17.5. The minimum Gasteiger partial charge on any atom is -0.494 e. The average molecular weight is 328 g/mol. The Labute approximate surface area is 140 Å². The van der Waals surface area contributed by atoms with E-state index in [-0.39, 0.29) is 11.6 Å². The lowest BCUT2D eigenvalue weighted by Crippen LogP contribution is -2.12. The highest BCUT2D eigenvalue weighted by Gasteiger charge is 2.12. The highest BCUT2D eigenvalue weighted by molar-refractivity contribution is 5.91. The molecule has 0 fully saturated rings. The minimum absolute atomic E-state index is 0.000636. The van der Waals surface area contributed by atoms with Crippen LogP contribution in [0.3, 0.4) is 0 Å².